The lowest BCUT2D eigenvalue weighted by Crippen LogP contribution is -2.16. The number of hydrogen-bond donors (Lipinski definition) is 2. The van der Waals surface area contributed by atoms with E-state index >= 15 is 0 Å². The minimum absolute atomic E-state index is 0.318. The molecule has 0 radical (unpaired) electrons. The van der Waals surface area contributed by atoms with Gasteiger partial charge >= 0.3 is 18.0 Å². The SMILES string of the molecule is O=S(=O)(O)S(=O)(=O)c1ccccc1C(O)Cl. The molecule has 0 aliphatic rings. The maximum atomic E-state index is 11.4. The Morgan fingerprint density at radius 3 is 2.06 bits per heavy atom. The van der Waals surface area contributed by atoms with Gasteiger partial charge in [0.2, 0.25) is 0 Å². The summed E-state index contributed by atoms with van der Waals surface area (Å²) < 4.78 is 52.6. The molecule has 6 nitrogen and oxygen atoms in total. The van der Waals surface area contributed by atoms with Crippen LogP contribution in [-0.4, -0.2) is 26.5 Å². The standard InChI is InChI=1S/C7H7ClO6S2/c8-7(9)5-3-1-2-4-6(5)15(10,11)16(12,13)14/h1-4,7,9H,(H,12,13,14). The summed E-state index contributed by atoms with van der Waals surface area (Å²) in [7, 11) is -10.3. The van der Waals surface area contributed by atoms with Crippen molar-refractivity contribution in [2.75, 3.05) is 0 Å². The Labute approximate surface area is 96.5 Å². The molecule has 0 amide bonds. The second-order valence-corrected chi connectivity index (χ2v) is 7.95. The van der Waals surface area contributed by atoms with Crippen molar-refractivity contribution in [1.82, 2.24) is 0 Å². The van der Waals surface area contributed by atoms with Gasteiger partial charge in [0.25, 0.3) is 0 Å². The van der Waals surface area contributed by atoms with Gasteiger partial charge in [-0.3, -0.25) is 4.55 Å². The molecule has 16 heavy (non-hydrogen) atoms. The van der Waals surface area contributed by atoms with Crippen molar-refractivity contribution in [2.45, 2.75) is 10.5 Å². The Hall–Kier alpha value is -0.670. The van der Waals surface area contributed by atoms with Crippen LogP contribution in [0, 0.1) is 0 Å². The van der Waals surface area contributed by atoms with E-state index < -0.39 is 28.5 Å². The molecule has 1 unspecified atom stereocenters. The fraction of sp³-hybridized carbons (Fsp3) is 0.143. The molecule has 1 aromatic carbocycles. The topological polar surface area (TPSA) is 109 Å². The highest BCUT2D eigenvalue weighted by atomic mass is 35.5. The molecule has 1 atom stereocenters. The average molecular weight is 287 g/mol. The van der Waals surface area contributed by atoms with E-state index in [1.165, 1.54) is 12.1 Å². The highest BCUT2D eigenvalue weighted by Gasteiger charge is 2.32. The van der Waals surface area contributed by atoms with Gasteiger partial charge in [-0.25, -0.2) is 8.42 Å². The molecule has 0 aliphatic heterocycles. The fourth-order valence-electron chi connectivity index (χ4n) is 1.02. The summed E-state index contributed by atoms with van der Waals surface area (Å²) in [5.74, 6) is 0. The summed E-state index contributed by atoms with van der Waals surface area (Å²) in [6.07, 6.45) is 0. The zero-order chi connectivity index (χ0) is 12.6. The summed E-state index contributed by atoms with van der Waals surface area (Å²) >= 11 is 5.28. The van der Waals surface area contributed by atoms with Gasteiger partial charge in [0.05, 0.1) is 4.90 Å². The molecule has 0 saturated heterocycles. The first kappa shape index (κ1) is 13.4. The Kier molecular flexibility index (Phi) is 3.60. The molecule has 1 rings (SSSR count). The first-order chi connectivity index (χ1) is 7.18. The molecular formula is C7H7ClO6S2. The summed E-state index contributed by atoms with van der Waals surface area (Å²) in [4.78, 5) is -0.750. The number of benzene rings is 1. The van der Waals surface area contributed by atoms with Crippen molar-refractivity contribution in [3.63, 3.8) is 0 Å². The second-order valence-electron chi connectivity index (χ2n) is 2.76. The van der Waals surface area contributed by atoms with Crippen LogP contribution >= 0.6 is 11.6 Å². The summed E-state index contributed by atoms with van der Waals surface area (Å²) in [5, 5.41) is 9.06. The third-order valence-electron chi connectivity index (χ3n) is 1.72. The predicted octanol–water partition coefficient (Wildman–Crippen LogP) is 0.493. The smallest absolute Gasteiger partial charge is 0.373 e. The molecule has 0 aromatic heterocycles. The van der Waals surface area contributed by atoms with Crippen LogP contribution in [0.15, 0.2) is 29.2 Å². The van der Waals surface area contributed by atoms with E-state index in [2.05, 4.69) is 0 Å². The normalized spacial score (nSPS) is 14.7. The fourth-order valence-corrected chi connectivity index (χ4v) is 3.35. The van der Waals surface area contributed by atoms with Crippen molar-refractivity contribution in [2.24, 2.45) is 0 Å². The van der Waals surface area contributed by atoms with E-state index in [1.807, 2.05) is 0 Å². The van der Waals surface area contributed by atoms with Crippen molar-refractivity contribution >= 4 is 29.6 Å². The molecule has 0 aliphatic carbocycles. The van der Waals surface area contributed by atoms with Crippen LogP contribution in [-0.2, 0) is 18.0 Å². The molecule has 0 bridgehead atoms. The van der Waals surface area contributed by atoms with Gasteiger partial charge in [-0.05, 0) is 6.07 Å². The van der Waals surface area contributed by atoms with E-state index in [0.29, 0.717) is 0 Å². The van der Waals surface area contributed by atoms with Gasteiger partial charge in [-0.1, -0.05) is 29.8 Å². The number of rotatable bonds is 3. The largest absolute Gasteiger partial charge is 0.377 e. The van der Waals surface area contributed by atoms with Crippen LogP contribution in [0.1, 0.15) is 11.1 Å². The molecule has 1 aromatic rings. The minimum atomic E-state index is -5.31. The summed E-state index contributed by atoms with van der Waals surface area (Å²) in [5.41, 5.74) is -2.01. The van der Waals surface area contributed by atoms with Crippen LogP contribution in [0.5, 0.6) is 0 Å². The van der Waals surface area contributed by atoms with E-state index in [0.717, 1.165) is 12.1 Å². The number of aliphatic hydroxyl groups is 1. The third-order valence-corrected chi connectivity index (χ3v) is 5.62. The minimum Gasteiger partial charge on any atom is -0.373 e. The average Bonchev–Trinajstić information content (AvgIpc) is 2.16. The van der Waals surface area contributed by atoms with Crippen molar-refractivity contribution in [3.8, 4) is 0 Å². The first-order valence-corrected chi connectivity index (χ1v) is 7.69. The van der Waals surface area contributed by atoms with Crippen LogP contribution in [0.25, 0.3) is 0 Å². The molecule has 2 N–H and O–H groups in total. The van der Waals surface area contributed by atoms with Crippen molar-refractivity contribution < 1.29 is 26.5 Å². The van der Waals surface area contributed by atoms with Gasteiger partial charge in [-0.15, -0.1) is 0 Å². The molecule has 9 heteroatoms. The predicted molar refractivity (Wildman–Crippen MR) is 56.0 cm³/mol. The first-order valence-electron chi connectivity index (χ1n) is 3.81. The highest BCUT2D eigenvalue weighted by Crippen LogP contribution is 2.27. The Morgan fingerprint density at radius 1 is 1.12 bits per heavy atom. The van der Waals surface area contributed by atoms with Crippen LogP contribution in [0.2, 0.25) is 0 Å². The van der Waals surface area contributed by atoms with E-state index in [1.54, 1.807) is 0 Å². The lowest BCUT2D eigenvalue weighted by Gasteiger charge is -2.08. The van der Waals surface area contributed by atoms with Gasteiger partial charge in [0, 0.05) is 5.56 Å². The maximum Gasteiger partial charge on any atom is 0.377 e. The zero-order valence-corrected chi connectivity index (χ0v) is 10.00. The highest BCUT2D eigenvalue weighted by molar-refractivity contribution is 8.65. The number of hydrogen-bond acceptors (Lipinski definition) is 5. The van der Waals surface area contributed by atoms with Gasteiger partial charge < -0.3 is 5.11 Å². The molecule has 0 spiro atoms. The summed E-state index contributed by atoms with van der Waals surface area (Å²) in [6.45, 7) is 0. The van der Waals surface area contributed by atoms with Crippen molar-refractivity contribution in [1.29, 1.82) is 0 Å². The molecule has 90 valence electrons. The maximum absolute atomic E-state index is 11.4. The Bertz CT molecular complexity index is 589. The van der Waals surface area contributed by atoms with Gasteiger partial charge in [0.15, 0.2) is 5.56 Å². The Morgan fingerprint density at radius 2 is 1.62 bits per heavy atom. The van der Waals surface area contributed by atoms with E-state index in [4.69, 9.17) is 21.3 Å². The summed E-state index contributed by atoms with van der Waals surface area (Å²) in [6, 6.07) is 4.66. The quantitative estimate of drug-likeness (QED) is 0.475. The lowest BCUT2D eigenvalue weighted by molar-refractivity contribution is 0.259. The van der Waals surface area contributed by atoms with E-state index in [9.17, 15) is 16.8 Å². The third kappa shape index (κ3) is 2.36. The van der Waals surface area contributed by atoms with Crippen LogP contribution in [0.3, 0.4) is 0 Å². The molecule has 0 heterocycles. The molecule has 0 saturated carbocycles. The van der Waals surface area contributed by atoms with E-state index in [-0.39, 0.29) is 5.56 Å². The monoisotopic (exact) mass is 286 g/mol. The van der Waals surface area contributed by atoms with Crippen molar-refractivity contribution in [3.05, 3.63) is 29.8 Å². The van der Waals surface area contributed by atoms with Gasteiger partial charge in [-0.2, -0.15) is 8.42 Å². The molecular weight excluding hydrogens is 280 g/mol. The number of aliphatic hydroxyl groups excluding tert-OH is 1. The number of alkyl halides is 1. The Balaban J connectivity index is 3.59. The molecule has 0 fully saturated rings. The van der Waals surface area contributed by atoms with Crippen LogP contribution < -0.4 is 0 Å². The second kappa shape index (κ2) is 4.30. The zero-order valence-electron chi connectivity index (χ0n) is 7.61. The van der Waals surface area contributed by atoms with Crippen LogP contribution in [0.4, 0.5) is 0 Å². The van der Waals surface area contributed by atoms with Gasteiger partial charge in [0.1, 0.15) is 0 Å². The number of halogens is 1. The lowest BCUT2D eigenvalue weighted by atomic mass is 10.2.